The fraction of sp³-hybridized carbons (Fsp3) is 0.478. The lowest BCUT2D eigenvalue weighted by atomic mass is 10.0. The van der Waals surface area contributed by atoms with E-state index in [1.807, 2.05) is 0 Å². The Morgan fingerprint density at radius 3 is 2.19 bits per heavy atom. The third-order valence-corrected chi connectivity index (χ3v) is 5.46. The van der Waals surface area contributed by atoms with Crippen LogP contribution in [0.1, 0.15) is 25.0 Å². The van der Waals surface area contributed by atoms with E-state index in [-0.39, 0.29) is 6.10 Å². The standard InChI is InChI=1S/C23H30N2O/c1-18(2)15-24-13-14-26-21(16-24)17-25-22-9-5-3-7-19(22)11-12-20-8-4-6-10-23(20)25/h3-10,18,21H,11-17H2,1-2H3. The van der Waals surface area contributed by atoms with Crippen LogP contribution >= 0.6 is 0 Å². The first-order valence-corrected chi connectivity index (χ1v) is 9.98. The van der Waals surface area contributed by atoms with Crippen molar-refractivity contribution in [2.45, 2.75) is 32.8 Å². The van der Waals surface area contributed by atoms with Gasteiger partial charge in [-0.05, 0) is 42.0 Å². The van der Waals surface area contributed by atoms with Crippen LogP contribution in [0.15, 0.2) is 48.5 Å². The molecule has 2 aliphatic rings. The number of ether oxygens (including phenoxy) is 1. The second kappa shape index (κ2) is 7.81. The smallest absolute Gasteiger partial charge is 0.0881 e. The fourth-order valence-corrected chi connectivity index (χ4v) is 4.34. The van der Waals surface area contributed by atoms with Crippen molar-refractivity contribution in [3.05, 3.63) is 59.7 Å². The third kappa shape index (κ3) is 3.79. The molecule has 0 saturated carbocycles. The maximum Gasteiger partial charge on any atom is 0.0881 e. The summed E-state index contributed by atoms with van der Waals surface area (Å²) in [7, 11) is 0. The number of morpholine rings is 1. The fourth-order valence-electron chi connectivity index (χ4n) is 4.34. The Kier molecular flexibility index (Phi) is 5.28. The van der Waals surface area contributed by atoms with Gasteiger partial charge in [0, 0.05) is 31.0 Å². The minimum Gasteiger partial charge on any atom is -0.374 e. The molecule has 0 amide bonds. The van der Waals surface area contributed by atoms with Crippen LogP contribution in [0, 0.1) is 5.92 Å². The molecule has 0 bridgehead atoms. The first-order valence-electron chi connectivity index (χ1n) is 9.98. The average molecular weight is 351 g/mol. The maximum absolute atomic E-state index is 6.18. The van der Waals surface area contributed by atoms with Gasteiger partial charge in [-0.15, -0.1) is 0 Å². The number of para-hydroxylation sites is 2. The van der Waals surface area contributed by atoms with E-state index >= 15 is 0 Å². The Bertz CT molecular complexity index is 695. The van der Waals surface area contributed by atoms with Gasteiger partial charge in [-0.25, -0.2) is 0 Å². The van der Waals surface area contributed by atoms with Gasteiger partial charge in [-0.1, -0.05) is 50.2 Å². The number of hydrogen-bond donors (Lipinski definition) is 0. The first-order chi connectivity index (χ1) is 12.7. The van der Waals surface area contributed by atoms with Gasteiger partial charge in [0.25, 0.3) is 0 Å². The molecular weight excluding hydrogens is 320 g/mol. The van der Waals surface area contributed by atoms with Crippen LogP contribution in [-0.2, 0) is 17.6 Å². The van der Waals surface area contributed by atoms with E-state index in [0.29, 0.717) is 5.92 Å². The number of aryl methyl sites for hydroxylation is 2. The Hall–Kier alpha value is -1.84. The zero-order valence-electron chi connectivity index (χ0n) is 16.0. The van der Waals surface area contributed by atoms with Gasteiger partial charge in [0.05, 0.1) is 19.3 Å². The van der Waals surface area contributed by atoms with Crippen molar-refractivity contribution < 1.29 is 4.74 Å². The summed E-state index contributed by atoms with van der Waals surface area (Å²) >= 11 is 0. The van der Waals surface area contributed by atoms with Gasteiger partial charge < -0.3 is 9.64 Å². The second-order valence-electron chi connectivity index (χ2n) is 8.01. The maximum atomic E-state index is 6.18. The van der Waals surface area contributed by atoms with E-state index in [1.54, 1.807) is 0 Å². The predicted molar refractivity (Wildman–Crippen MR) is 108 cm³/mol. The van der Waals surface area contributed by atoms with Crippen molar-refractivity contribution in [1.82, 2.24) is 4.90 Å². The summed E-state index contributed by atoms with van der Waals surface area (Å²) in [6.45, 7) is 9.60. The first kappa shape index (κ1) is 17.6. The number of hydrogen-bond acceptors (Lipinski definition) is 3. The van der Waals surface area contributed by atoms with Gasteiger partial charge >= 0.3 is 0 Å². The van der Waals surface area contributed by atoms with Crippen LogP contribution in [0.5, 0.6) is 0 Å². The van der Waals surface area contributed by atoms with Crippen molar-refractivity contribution in [1.29, 1.82) is 0 Å². The van der Waals surface area contributed by atoms with Crippen LogP contribution in [0.25, 0.3) is 0 Å². The molecule has 3 heteroatoms. The molecule has 0 radical (unpaired) electrons. The quantitative estimate of drug-likeness (QED) is 0.818. The van der Waals surface area contributed by atoms with Gasteiger partial charge in [0.15, 0.2) is 0 Å². The van der Waals surface area contributed by atoms with E-state index in [2.05, 4.69) is 72.2 Å². The summed E-state index contributed by atoms with van der Waals surface area (Å²) in [4.78, 5) is 5.07. The van der Waals surface area contributed by atoms with Crippen LogP contribution in [0.4, 0.5) is 11.4 Å². The molecule has 1 unspecified atom stereocenters. The molecule has 2 aromatic carbocycles. The van der Waals surface area contributed by atoms with Crippen molar-refractivity contribution in [2.75, 3.05) is 37.7 Å². The SMILES string of the molecule is CC(C)CN1CCOC(CN2c3ccccc3CCc3ccccc32)C1. The van der Waals surface area contributed by atoms with Crippen LogP contribution in [0.2, 0.25) is 0 Å². The van der Waals surface area contributed by atoms with E-state index in [1.165, 1.54) is 22.5 Å². The number of anilines is 2. The average Bonchev–Trinajstić information content (AvgIpc) is 2.80. The third-order valence-electron chi connectivity index (χ3n) is 5.46. The lowest BCUT2D eigenvalue weighted by Gasteiger charge is -2.37. The highest BCUT2D eigenvalue weighted by Gasteiger charge is 2.27. The van der Waals surface area contributed by atoms with Crippen molar-refractivity contribution >= 4 is 11.4 Å². The zero-order valence-corrected chi connectivity index (χ0v) is 16.0. The summed E-state index contributed by atoms with van der Waals surface area (Å²) in [5.41, 5.74) is 5.58. The molecule has 1 atom stereocenters. The molecule has 26 heavy (non-hydrogen) atoms. The molecule has 2 aromatic rings. The normalized spacial score (nSPS) is 20.6. The van der Waals surface area contributed by atoms with Gasteiger partial charge in [0.1, 0.15) is 0 Å². The molecule has 1 fully saturated rings. The van der Waals surface area contributed by atoms with Crippen molar-refractivity contribution in [3.8, 4) is 0 Å². The van der Waals surface area contributed by atoms with Crippen molar-refractivity contribution in [3.63, 3.8) is 0 Å². The molecule has 3 nitrogen and oxygen atoms in total. The van der Waals surface area contributed by atoms with E-state index in [4.69, 9.17) is 4.74 Å². The monoisotopic (exact) mass is 350 g/mol. The summed E-state index contributed by atoms with van der Waals surface area (Å²) < 4.78 is 6.18. The molecule has 1 saturated heterocycles. The van der Waals surface area contributed by atoms with E-state index < -0.39 is 0 Å². The minimum absolute atomic E-state index is 0.252. The lowest BCUT2D eigenvalue weighted by Crippen LogP contribution is -2.48. The Balaban J connectivity index is 1.61. The van der Waals surface area contributed by atoms with E-state index in [0.717, 1.165) is 45.6 Å². The number of rotatable bonds is 4. The number of benzene rings is 2. The topological polar surface area (TPSA) is 15.7 Å². The second-order valence-corrected chi connectivity index (χ2v) is 8.01. The van der Waals surface area contributed by atoms with Gasteiger partial charge in [0.2, 0.25) is 0 Å². The number of fused-ring (bicyclic) bond motifs is 2. The highest BCUT2D eigenvalue weighted by atomic mass is 16.5. The van der Waals surface area contributed by atoms with Gasteiger partial charge in [-0.2, -0.15) is 0 Å². The van der Waals surface area contributed by atoms with Gasteiger partial charge in [-0.3, -0.25) is 4.90 Å². The zero-order chi connectivity index (χ0) is 17.9. The molecule has 0 spiro atoms. The van der Waals surface area contributed by atoms with Crippen LogP contribution in [-0.4, -0.2) is 43.8 Å². The molecule has 138 valence electrons. The number of nitrogens with zero attached hydrogens (tertiary/aromatic N) is 2. The molecular formula is C23H30N2O. The Labute approximate surface area is 157 Å². The Morgan fingerprint density at radius 2 is 1.58 bits per heavy atom. The molecule has 0 aromatic heterocycles. The van der Waals surface area contributed by atoms with E-state index in [9.17, 15) is 0 Å². The van der Waals surface area contributed by atoms with Crippen molar-refractivity contribution in [2.24, 2.45) is 5.92 Å². The molecule has 0 aliphatic carbocycles. The highest BCUT2D eigenvalue weighted by Crippen LogP contribution is 2.36. The summed E-state index contributed by atoms with van der Waals surface area (Å²) in [6.07, 6.45) is 2.46. The highest BCUT2D eigenvalue weighted by molar-refractivity contribution is 5.71. The molecule has 2 aliphatic heterocycles. The minimum atomic E-state index is 0.252. The van der Waals surface area contributed by atoms with Crippen LogP contribution < -0.4 is 4.90 Å². The summed E-state index contributed by atoms with van der Waals surface area (Å²) in [5.74, 6) is 0.702. The lowest BCUT2D eigenvalue weighted by molar-refractivity contribution is -0.0263. The van der Waals surface area contributed by atoms with Crippen LogP contribution in [0.3, 0.4) is 0 Å². The molecule has 0 N–H and O–H groups in total. The summed E-state index contributed by atoms with van der Waals surface area (Å²) in [5, 5.41) is 0. The Morgan fingerprint density at radius 1 is 0.962 bits per heavy atom. The predicted octanol–water partition coefficient (Wildman–Crippen LogP) is 4.28. The summed E-state index contributed by atoms with van der Waals surface area (Å²) in [6, 6.07) is 17.7. The largest absolute Gasteiger partial charge is 0.374 e. The molecule has 4 rings (SSSR count). The molecule has 2 heterocycles.